The van der Waals surface area contributed by atoms with Crippen LogP contribution >= 0.6 is 0 Å². The zero-order chi connectivity index (χ0) is 23.5. The molecule has 1 aliphatic heterocycles. The number of hydrogen-bond acceptors (Lipinski definition) is 5. The van der Waals surface area contributed by atoms with Crippen molar-refractivity contribution in [3.05, 3.63) is 29.8 Å². The van der Waals surface area contributed by atoms with E-state index in [9.17, 15) is 19.2 Å². The lowest BCUT2D eigenvalue weighted by molar-refractivity contribution is -0.133. The average molecular weight is 442 g/mol. The molecule has 3 atom stereocenters. The maximum atomic E-state index is 12.3. The van der Waals surface area contributed by atoms with Crippen molar-refractivity contribution in [2.45, 2.75) is 58.0 Å². The highest BCUT2D eigenvalue weighted by Gasteiger charge is 2.33. The second-order valence-corrected chi connectivity index (χ2v) is 8.21. The third kappa shape index (κ3) is 7.69. The maximum Gasteiger partial charge on any atom is 0.243 e. The Hall–Kier alpha value is -3.41. The molecule has 0 bridgehead atoms. The molecule has 1 aliphatic rings. The molecule has 0 saturated carbocycles. The van der Waals surface area contributed by atoms with Crippen LogP contribution in [0, 0.1) is 17.2 Å². The number of hydrogen-bond donors (Lipinski definition) is 3. The summed E-state index contributed by atoms with van der Waals surface area (Å²) in [4.78, 5) is 48.5. The Labute approximate surface area is 188 Å². The molecule has 4 amide bonds. The minimum atomic E-state index is -0.752. The Kier molecular flexibility index (Phi) is 9.67. The third-order valence-corrected chi connectivity index (χ3v) is 5.46. The number of nitrogens with one attached hydrogen (secondary N) is 3. The molecule has 0 aromatic heterocycles. The van der Waals surface area contributed by atoms with Crippen LogP contribution in [0.5, 0.6) is 0 Å². The van der Waals surface area contributed by atoms with Gasteiger partial charge < -0.3 is 20.9 Å². The number of aryl methyl sites for hydroxylation is 1. The Morgan fingerprint density at radius 1 is 1.25 bits per heavy atom. The topological polar surface area (TPSA) is 131 Å². The van der Waals surface area contributed by atoms with Crippen LogP contribution in [0.2, 0.25) is 0 Å². The molecule has 0 radical (unpaired) electrons. The molecule has 3 N–H and O–H groups in total. The molecule has 0 spiro atoms. The summed E-state index contributed by atoms with van der Waals surface area (Å²) in [5.41, 5.74) is 1.85. The lowest BCUT2D eigenvalue weighted by Gasteiger charge is -2.20. The van der Waals surface area contributed by atoms with Crippen molar-refractivity contribution in [2.75, 3.05) is 18.4 Å². The maximum absolute atomic E-state index is 12.3. The molecule has 1 aromatic rings. The number of nitriles is 1. The van der Waals surface area contributed by atoms with E-state index in [0.29, 0.717) is 32.2 Å². The summed E-state index contributed by atoms with van der Waals surface area (Å²) in [6.45, 7) is 3.88. The van der Waals surface area contributed by atoms with Crippen molar-refractivity contribution < 1.29 is 19.2 Å². The highest BCUT2D eigenvalue weighted by atomic mass is 16.2. The van der Waals surface area contributed by atoms with Gasteiger partial charge in [-0.25, -0.2) is 0 Å². The molecule has 1 fully saturated rings. The van der Waals surface area contributed by atoms with Gasteiger partial charge in [-0.1, -0.05) is 19.1 Å². The van der Waals surface area contributed by atoms with Gasteiger partial charge in [0, 0.05) is 18.7 Å². The van der Waals surface area contributed by atoms with E-state index in [0.717, 1.165) is 24.1 Å². The second-order valence-electron chi connectivity index (χ2n) is 8.21. The fraction of sp³-hybridized carbons (Fsp3) is 0.522. The van der Waals surface area contributed by atoms with E-state index in [1.807, 2.05) is 31.2 Å². The van der Waals surface area contributed by atoms with E-state index in [1.54, 1.807) is 6.92 Å². The molecule has 0 aliphatic carbocycles. The number of benzene rings is 1. The molecular formula is C23H31N5O4. The number of carbonyl (C=O) groups excluding carboxylic acids is 4. The number of likely N-dealkylation sites (tertiary alicyclic amines) is 1. The van der Waals surface area contributed by atoms with Crippen LogP contribution in [-0.4, -0.2) is 54.2 Å². The molecule has 9 nitrogen and oxygen atoms in total. The highest BCUT2D eigenvalue weighted by molar-refractivity contribution is 5.90. The Bertz CT molecular complexity index is 849. The number of nitrogens with zero attached hydrogens (tertiary/aromatic N) is 2. The summed E-state index contributed by atoms with van der Waals surface area (Å²) in [5, 5.41) is 16.9. The van der Waals surface area contributed by atoms with E-state index >= 15 is 0 Å². The quantitative estimate of drug-likeness (QED) is 0.352. The molecule has 1 heterocycles. The number of unbranched alkanes of at least 4 members (excludes halogenated alkanes) is 1. The van der Waals surface area contributed by atoms with Gasteiger partial charge in [0.05, 0.1) is 12.6 Å². The lowest BCUT2D eigenvalue weighted by atomic mass is 10.1. The van der Waals surface area contributed by atoms with Crippen LogP contribution in [-0.2, 0) is 25.6 Å². The normalized spacial score (nSPS) is 18.3. The van der Waals surface area contributed by atoms with Crippen LogP contribution in [0.3, 0.4) is 0 Å². The van der Waals surface area contributed by atoms with Gasteiger partial charge in [-0.05, 0) is 56.2 Å². The minimum Gasteiger partial charge on any atom is -0.345 e. The summed E-state index contributed by atoms with van der Waals surface area (Å²) in [7, 11) is 0. The van der Waals surface area contributed by atoms with Gasteiger partial charge in [-0.2, -0.15) is 5.26 Å². The summed E-state index contributed by atoms with van der Waals surface area (Å²) >= 11 is 0. The molecule has 32 heavy (non-hydrogen) atoms. The van der Waals surface area contributed by atoms with Crippen LogP contribution in [0.15, 0.2) is 24.3 Å². The predicted molar refractivity (Wildman–Crippen MR) is 119 cm³/mol. The van der Waals surface area contributed by atoms with Crippen LogP contribution < -0.4 is 16.0 Å². The second kappa shape index (κ2) is 12.4. The van der Waals surface area contributed by atoms with Gasteiger partial charge in [-0.15, -0.1) is 0 Å². The van der Waals surface area contributed by atoms with Crippen LogP contribution in [0.25, 0.3) is 0 Å². The molecule has 1 saturated heterocycles. The zero-order valence-corrected chi connectivity index (χ0v) is 18.6. The summed E-state index contributed by atoms with van der Waals surface area (Å²) in [6, 6.07) is 8.44. The SMILES string of the molecule is CC1CC(C#N)N(C(=O)CNC(=O)[C@H](C)NC(=O)CCCCc2ccc(NC=O)cc2)C1. The minimum absolute atomic E-state index is 0.189. The number of anilines is 1. The number of carbonyl (C=O) groups is 4. The van der Waals surface area contributed by atoms with Crippen molar-refractivity contribution in [2.24, 2.45) is 5.92 Å². The summed E-state index contributed by atoms with van der Waals surface area (Å²) < 4.78 is 0. The molecular weight excluding hydrogens is 410 g/mol. The van der Waals surface area contributed by atoms with Gasteiger partial charge in [0.2, 0.25) is 24.1 Å². The number of rotatable bonds is 11. The largest absolute Gasteiger partial charge is 0.345 e. The van der Waals surface area contributed by atoms with Crippen molar-refractivity contribution in [3.8, 4) is 6.07 Å². The fourth-order valence-electron chi connectivity index (χ4n) is 3.69. The lowest BCUT2D eigenvalue weighted by Crippen LogP contribution is -2.48. The van der Waals surface area contributed by atoms with Crippen molar-refractivity contribution in [1.29, 1.82) is 5.26 Å². The standard InChI is InChI=1S/C23H31N5O4/c1-16-11-20(12-24)28(14-16)22(31)13-25-23(32)17(2)27-21(30)6-4-3-5-18-7-9-19(10-8-18)26-15-29/h7-10,15-17,20H,3-6,11,13-14H2,1-2H3,(H,25,32)(H,26,29)(H,27,30)/t16?,17-,20?/m0/s1. The van der Waals surface area contributed by atoms with Gasteiger partial charge >= 0.3 is 0 Å². The van der Waals surface area contributed by atoms with Gasteiger partial charge in [0.1, 0.15) is 12.1 Å². The van der Waals surface area contributed by atoms with E-state index in [1.165, 1.54) is 4.90 Å². The van der Waals surface area contributed by atoms with Gasteiger partial charge in [-0.3, -0.25) is 19.2 Å². The first-order valence-electron chi connectivity index (χ1n) is 10.9. The Morgan fingerprint density at radius 2 is 1.97 bits per heavy atom. The van der Waals surface area contributed by atoms with E-state index in [2.05, 4.69) is 22.0 Å². The molecule has 9 heteroatoms. The van der Waals surface area contributed by atoms with Crippen molar-refractivity contribution in [3.63, 3.8) is 0 Å². The predicted octanol–water partition coefficient (Wildman–Crippen LogP) is 1.35. The first-order chi connectivity index (χ1) is 15.3. The smallest absolute Gasteiger partial charge is 0.243 e. The van der Waals surface area contributed by atoms with Crippen LogP contribution in [0.1, 0.15) is 45.1 Å². The summed E-state index contributed by atoms with van der Waals surface area (Å²) in [5.74, 6) is -0.682. The first-order valence-corrected chi connectivity index (χ1v) is 10.9. The van der Waals surface area contributed by atoms with E-state index in [4.69, 9.17) is 5.26 Å². The molecule has 1 aromatic carbocycles. The van der Waals surface area contributed by atoms with Crippen molar-refractivity contribution in [1.82, 2.24) is 15.5 Å². The fourth-order valence-corrected chi connectivity index (χ4v) is 3.69. The first kappa shape index (κ1) is 24.9. The highest BCUT2D eigenvalue weighted by Crippen LogP contribution is 2.22. The Morgan fingerprint density at radius 3 is 2.62 bits per heavy atom. The van der Waals surface area contributed by atoms with E-state index in [-0.39, 0.29) is 24.3 Å². The third-order valence-electron chi connectivity index (χ3n) is 5.46. The van der Waals surface area contributed by atoms with E-state index < -0.39 is 18.0 Å². The van der Waals surface area contributed by atoms with Gasteiger partial charge in [0.25, 0.3) is 0 Å². The molecule has 2 rings (SSSR count). The van der Waals surface area contributed by atoms with Gasteiger partial charge in [0.15, 0.2) is 0 Å². The molecule has 172 valence electrons. The van der Waals surface area contributed by atoms with Crippen molar-refractivity contribution >= 4 is 29.8 Å². The monoisotopic (exact) mass is 441 g/mol. The zero-order valence-electron chi connectivity index (χ0n) is 18.6. The molecule has 2 unspecified atom stereocenters. The van der Waals surface area contributed by atoms with Crippen LogP contribution in [0.4, 0.5) is 5.69 Å². The average Bonchev–Trinajstić information content (AvgIpc) is 3.17. The Balaban J connectivity index is 1.64. The summed E-state index contributed by atoms with van der Waals surface area (Å²) in [6.07, 6.45) is 3.88. The number of amides is 4.